The highest BCUT2D eigenvalue weighted by molar-refractivity contribution is 5.87. The van der Waals surface area contributed by atoms with E-state index in [0.29, 0.717) is 0 Å². The lowest BCUT2D eigenvalue weighted by atomic mass is 9.81. The minimum atomic E-state index is -0.161. The van der Waals surface area contributed by atoms with E-state index in [1.54, 1.807) is 0 Å². The zero-order valence-electron chi connectivity index (χ0n) is 37.6. The first-order chi connectivity index (χ1) is 32.4. The Morgan fingerprint density at radius 1 is 0.258 bits per heavy atom. The Kier molecular flexibility index (Phi) is 10.5. The summed E-state index contributed by atoms with van der Waals surface area (Å²) in [6.45, 7) is 6.90. The largest absolute Gasteiger partial charge is 0.311 e. The maximum absolute atomic E-state index is 2.42. The van der Waals surface area contributed by atoms with E-state index >= 15 is 0 Å². The molecule has 0 unspecified atom stereocenters. The summed E-state index contributed by atoms with van der Waals surface area (Å²) in [4.78, 5) is 4.67. The molecule has 0 saturated carbocycles. The van der Waals surface area contributed by atoms with Crippen molar-refractivity contribution in [2.75, 3.05) is 9.80 Å². The SMILES string of the molecule is Cc1cccc(N(c2ccccc2)c2ccc(-c3ccc4c(c3)C(C)(C)c3cc(-c5ccc(N(c6ccccc6)c6ccc(-c7ccc(-c8ccccc8)cc7)cc6)cc5)ccc3-4)cc2)c1. The Morgan fingerprint density at radius 3 is 0.970 bits per heavy atom. The minimum Gasteiger partial charge on any atom is -0.311 e. The molecule has 10 aromatic carbocycles. The lowest BCUT2D eigenvalue weighted by molar-refractivity contribution is 0.661. The highest BCUT2D eigenvalue weighted by Crippen LogP contribution is 2.51. The standard InChI is InChI=1S/C64H50N2/c1-45-14-13-21-59(42-45)66(55-19-11-6-12-20-55)58-38-30-51(31-39-58)53-33-41-61-60-40-32-52(43-62(60)64(2,3)63(61)44-53)50-28-36-57(37-29-50)65(54-17-9-5-10-18-54)56-34-26-49(27-35-56)48-24-22-47(23-25-48)46-15-7-4-8-16-46/h4-44H,1-3H3. The van der Waals surface area contributed by atoms with Gasteiger partial charge >= 0.3 is 0 Å². The number of nitrogens with zero attached hydrogens (tertiary/aromatic N) is 2. The van der Waals surface area contributed by atoms with Gasteiger partial charge < -0.3 is 9.80 Å². The van der Waals surface area contributed by atoms with Crippen LogP contribution in [0.1, 0.15) is 30.5 Å². The molecule has 11 rings (SSSR count). The molecule has 0 saturated heterocycles. The van der Waals surface area contributed by atoms with Crippen LogP contribution >= 0.6 is 0 Å². The van der Waals surface area contributed by atoms with Gasteiger partial charge in [0.2, 0.25) is 0 Å². The summed E-state index contributed by atoms with van der Waals surface area (Å²) in [6, 6.07) is 90.4. The third-order valence-electron chi connectivity index (χ3n) is 13.3. The van der Waals surface area contributed by atoms with E-state index < -0.39 is 0 Å². The first-order valence-corrected chi connectivity index (χ1v) is 22.9. The maximum atomic E-state index is 2.42. The lowest BCUT2D eigenvalue weighted by Crippen LogP contribution is -2.15. The van der Waals surface area contributed by atoms with Gasteiger partial charge in [-0.15, -0.1) is 0 Å². The summed E-state index contributed by atoms with van der Waals surface area (Å²) in [5.74, 6) is 0. The molecule has 0 aromatic heterocycles. The van der Waals surface area contributed by atoms with Crippen LogP contribution in [0.15, 0.2) is 249 Å². The topological polar surface area (TPSA) is 6.48 Å². The van der Waals surface area contributed by atoms with E-state index in [1.165, 1.54) is 72.3 Å². The van der Waals surface area contributed by atoms with Gasteiger partial charge in [0.05, 0.1) is 0 Å². The summed E-state index contributed by atoms with van der Waals surface area (Å²) in [6.07, 6.45) is 0. The molecule has 10 aromatic rings. The van der Waals surface area contributed by atoms with Crippen LogP contribution in [0.4, 0.5) is 34.1 Å². The van der Waals surface area contributed by atoms with Crippen molar-refractivity contribution in [3.63, 3.8) is 0 Å². The van der Waals surface area contributed by atoms with Crippen LogP contribution in [-0.4, -0.2) is 0 Å². The third kappa shape index (κ3) is 7.67. The fourth-order valence-corrected chi connectivity index (χ4v) is 9.81. The molecule has 0 aliphatic heterocycles. The molecule has 316 valence electrons. The summed E-state index contributed by atoms with van der Waals surface area (Å²) in [7, 11) is 0. The Balaban J connectivity index is 0.847. The molecule has 1 aliphatic carbocycles. The third-order valence-corrected chi connectivity index (χ3v) is 13.3. The first kappa shape index (κ1) is 40.6. The number of para-hydroxylation sites is 2. The summed E-state index contributed by atoms with van der Waals surface area (Å²) >= 11 is 0. The second-order valence-corrected chi connectivity index (χ2v) is 17.9. The normalized spacial score (nSPS) is 12.3. The van der Waals surface area contributed by atoms with Gasteiger partial charge in [-0.1, -0.05) is 178 Å². The fraction of sp³-hybridized carbons (Fsp3) is 0.0625. The predicted octanol–water partition coefficient (Wildman–Crippen LogP) is 17.9. The predicted molar refractivity (Wildman–Crippen MR) is 280 cm³/mol. The van der Waals surface area contributed by atoms with Crippen LogP contribution < -0.4 is 9.80 Å². The lowest BCUT2D eigenvalue weighted by Gasteiger charge is -2.26. The van der Waals surface area contributed by atoms with Crippen molar-refractivity contribution >= 4 is 34.1 Å². The summed E-state index contributed by atoms with van der Waals surface area (Å²) in [5, 5.41) is 0. The molecule has 0 fully saturated rings. The molecule has 0 bridgehead atoms. The van der Waals surface area contributed by atoms with Gasteiger partial charge in [-0.3, -0.25) is 0 Å². The van der Waals surface area contributed by atoms with Crippen LogP contribution in [-0.2, 0) is 5.41 Å². The van der Waals surface area contributed by atoms with Crippen LogP contribution in [0.5, 0.6) is 0 Å². The smallest absolute Gasteiger partial charge is 0.0464 e. The van der Waals surface area contributed by atoms with Crippen LogP contribution in [0.2, 0.25) is 0 Å². The molecule has 0 amide bonds. The number of hydrogen-bond donors (Lipinski definition) is 0. The highest BCUT2D eigenvalue weighted by Gasteiger charge is 2.36. The second kappa shape index (κ2) is 17.1. The van der Waals surface area contributed by atoms with Crippen LogP contribution in [0.3, 0.4) is 0 Å². The average molecular weight is 847 g/mol. The van der Waals surface area contributed by atoms with Gasteiger partial charge in [0, 0.05) is 39.5 Å². The van der Waals surface area contributed by atoms with E-state index in [0.717, 1.165) is 34.1 Å². The van der Waals surface area contributed by atoms with Gasteiger partial charge in [-0.25, -0.2) is 0 Å². The van der Waals surface area contributed by atoms with Crippen molar-refractivity contribution in [2.45, 2.75) is 26.2 Å². The number of fused-ring (bicyclic) bond motifs is 3. The maximum Gasteiger partial charge on any atom is 0.0464 e. The molecule has 0 radical (unpaired) electrons. The molecule has 0 atom stereocenters. The van der Waals surface area contributed by atoms with Crippen molar-refractivity contribution in [3.05, 3.63) is 265 Å². The fourth-order valence-electron chi connectivity index (χ4n) is 9.81. The molecule has 0 heterocycles. The van der Waals surface area contributed by atoms with Gasteiger partial charge in [-0.2, -0.15) is 0 Å². The number of aryl methyl sites for hydroxylation is 1. The van der Waals surface area contributed by atoms with Crippen molar-refractivity contribution in [1.29, 1.82) is 0 Å². The van der Waals surface area contributed by atoms with Gasteiger partial charge in [0.25, 0.3) is 0 Å². The number of benzene rings is 10. The average Bonchev–Trinajstić information content (AvgIpc) is 3.60. The number of rotatable bonds is 10. The number of anilines is 6. The summed E-state index contributed by atoms with van der Waals surface area (Å²) < 4.78 is 0. The Hall–Kier alpha value is -8.20. The molecule has 66 heavy (non-hydrogen) atoms. The number of hydrogen-bond acceptors (Lipinski definition) is 2. The van der Waals surface area contributed by atoms with Crippen molar-refractivity contribution in [1.82, 2.24) is 0 Å². The van der Waals surface area contributed by atoms with Gasteiger partial charge in [-0.05, 0) is 164 Å². The molecule has 0 spiro atoms. The van der Waals surface area contributed by atoms with E-state index in [4.69, 9.17) is 0 Å². The molecular formula is C64H50N2. The molecule has 2 nitrogen and oxygen atoms in total. The van der Waals surface area contributed by atoms with Crippen molar-refractivity contribution in [2.24, 2.45) is 0 Å². The Morgan fingerprint density at radius 2 is 0.561 bits per heavy atom. The van der Waals surface area contributed by atoms with E-state index in [2.05, 4.69) is 279 Å². The molecule has 1 aliphatic rings. The quantitative estimate of drug-likeness (QED) is 0.135. The Bertz CT molecular complexity index is 3280. The van der Waals surface area contributed by atoms with E-state index in [-0.39, 0.29) is 5.41 Å². The van der Waals surface area contributed by atoms with E-state index in [1.807, 2.05) is 0 Å². The van der Waals surface area contributed by atoms with Crippen LogP contribution in [0, 0.1) is 6.92 Å². The molecule has 0 N–H and O–H groups in total. The van der Waals surface area contributed by atoms with Crippen molar-refractivity contribution in [3.8, 4) is 55.6 Å². The first-order valence-electron chi connectivity index (χ1n) is 22.9. The zero-order valence-corrected chi connectivity index (χ0v) is 37.6. The Labute approximate surface area is 389 Å². The zero-order chi connectivity index (χ0) is 44.6. The van der Waals surface area contributed by atoms with E-state index in [9.17, 15) is 0 Å². The van der Waals surface area contributed by atoms with Crippen LogP contribution in [0.25, 0.3) is 55.6 Å². The minimum absolute atomic E-state index is 0.161. The summed E-state index contributed by atoms with van der Waals surface area (Å²) in [5.41, 5.74) is 22.9. The van der Waals surface area contributed by atoms with Gasteiger partial charge in [0.1, 0.15) is 0 Å². The van der Waals surface area contributed by atoms with Crippen molar-refractivity contribution < 1.29 is 0 Å². The molecular weight excluding hydrogens is 797 g/mol. The highest BCUT2D eigenvalue weighted by atomic mass is 15.1. The molecule has 2 heteroatoms. The van der Waals surface area contributed by atoms with Gasteiger partial charge in [0.15, 0.2) is 0 Å². The second-order valence-electron chi connectivity index (χ2n) is 17.9. The monoisotopic (exact) mass is 846 g/mol.